The first-order valence-corrected chi connectivity index (χ1v) is 9.96. The highest BCUT2D eigenvalue weighted by molar-refractivity contribution is 7.89. The van der Waals surface area contributed by atoms with Crippen molar-refractivity contribution in [2.24, 2.45) is 5.92 Å². The second-order valence-corrected chi connectivity index (χ2v) is 8.10. The van der Waals surface area contributed by atoms with Gasteiger partial charge < -0.3 is 10.6 Å². The number of piperidine rings is 1. The molecule has 6 nitrogen and oxygen atoms in total. The number of nitrogens with one attached hydrogen (secondary N) is 2. The Hall–Kier alpha value is -1.44. The monoisotopic (exact) mass is 353 g/mol. The Labute approximate surface area is 144 Å². The van der Waals surface area contributed by atoms with E-state index in [2.05, 4.69) is 17.6 Å². The summed E-state index contributed by atoms with van der Waals surface area (Å²) in [6, 6.07) is 6.26. The van der Waals surface area contributed by atoms with Crippen molar-refractivity contribution in [3.63, 3.8) is 0 Å². The lowest BCUT2D eigenvalue weighted by molar-refractivity contribution is 0.0915. The summed E-state index contributed by atoms with van der Waals surface area (Å²) in [7, 11) is -3.49. The van der Waals surface area contributed by atoms with Crippen LogP contribution in [0.5, 0.6) is 0 Å². The average molecular weight is 353 g/mol. The van der Waals surface area contributed by atoms with Gasteiger partial charge in [-0.3, -0.25) is 4.79 Å². The molecule has 1 aliphatic heterocycles. The van der Waals surface area contributed by atoms with Gasteiger partial charge in [-0.05, 0) is 43.1 Å². The minimum Gasteiger partial charge on any atom is -0.348 e. The zero-order valence-electron chi connectivity index (χ0n) is 14.6. The van der Waals surface area contributed by atoms with E-state index in [0.29, 0.717) is 24.6 Å². The summed E-state index contributed by atoms with van der Waals surface area (Å²) in [5.41, 5.74) is 0.478. The molecular formula is C17H27N3O3S. The quantitative estimate of drug-likeness (QED) is 0.811. The van der Waals surface area contributed by atoms with E-state index in [9.17, 15) is 13.2 Å². The lowest BCUT2D eigenvalue weighted by atomic mass is 9.94. The van der Waals surface area contributed by atoms with Gasteiger partial charge in [-0.2, -0.15) is 4.31 Å². The minimum atomic E-state index is -3.49. The molecule has 0 aliphatic carbocycles. The Morgan fingerprint density at radius 1 is 1.25 bits per heavy atom. The molecule has 2 rings (SSSR count). The van der Waals surface area contributed by atoms with Crippen LogP contribution in [0.1, 0.15) is 37.6 Å². The topological polar surface area (TPSA) is 78.5 Å². The second kappa shape index (κ2) is 8.09. The SMILES string of the molecule is CCN(CC)S(=O)(=O)c1ccc(C(=O)NC2CNCCC2C)cc1. The van der Waals surface area contributed by atoms with Gasteiger partial charge in [-0.1, -0.05) is 20.8 Å². The second-order valence-electron chi connectivity index (χ2n) is 6.16. The fourth-order valence-corrected chi connectivity index (χ4v) is 4.38. The van der Waals surface area contributed by atoms with E-state index in [4.69, 9.17) is 0 Å². The van der Waals surface area contributed by atoms with Crippen molar-refractivity contribution in [1.82, 2.24) is 14.9 Å². The van der Waals surface area contributed by atoms with Crippen molar-refractivity contribution in [3.05, 3.63) is 29.8 Å². The molecule has 0 bridgehead atoms. The number of sulfonamides is 1. The largest absolute Gasteiger partial charge is 0.348 e. The summed E-state index contributed by atoms with van der Waals surface area (Å²) >= 11 is 0. The molecule has 0 aromatic heterocycles. The number of carbonyl (C=O) groups excluding carboxylic acids is 1. The molecule has 1 saturated heterocycles. The van der Waals surface area contributed by atoms with Crippen LogP contribution < -0.4 is 10.6 Å². The van der Waals surface area contributed by atoms with Gasteiger partial charge in [0.1, 0.15) is 0 Å². The molecule has 0 spiro atoms. The van der Waals surface area contributed by atoms with Crippen LogP contribution in [0.4, 0.5) is 0 Å². The Morgan fingerprint density at radius 2 is 1.88 bits per heavy atom. The fraction of sp³-hybridized carbons (Fsp3) is 0.588. The Kier molecular flexibility index (Phi) is 6.37. The molecule has 1 fully saturated rings. The smallest absolute Gasteiger partial charge is 0.251 e. The van der Waals surface area contributed by atoms with Gasteiger partial charge in [0.05, 0.1) is 4.90 Å². The van der Waals surface area contributed by atoms with E-state index in [0.717, 1.165) is 19.5 Å². The third kappa shape index (κ3) is 4.15. The molecule has 2 atom stereocenters. The Balaban J connectivity index is 2.10. The molecule has 0 radical (unpaired) electrons. The molecule has 24 heavy (non-hydrogen) atoms. The molecule has 134 valence electrons. The highest BCUT2D eigenvalue weighted by Gasteiger charge is 2.24. The van der Waals surface area contributed by atoms with E-state index in [1.807, 2.05) is 13.8 Å². The highest BCUT2D eigenvalue weighted by Crippen LogP contribution is 2.17. The number of carbonyl (C=O) groups is 1. The molecule has 1 heterocycles. The summed E-state index contributed by atoms with van der Waals surface area (Å²) in [5, 5.41) is 6.30. The maximum absolute atomic E-state index is 12.5. The van der Waals surface area contributed by atoms with Gasteiger partial charge in [-0.15, -0.1) is 0 Å². The van der Waals surface area contributed by atoms with Gasteiger partial charge in [-0.25, -0.2) is 8.42 Å². The van der Waals surface area contributed by atoms with E-state index >= 15 is 0 Å². The first-order valence-electron chi connectivity index (χ1n) is 8.52. The summed E-state index contributed by atoms with van der Waals surface area (Å²) in [6.07, 6.45) is 1.03. The normalized spacial score (nSPS) is 21.7. The van der Waals surface area contributed by atoms with Crippen molar-refractivity contribution in [3.8, 4) is 0 Å². The number of rotatable bonds is 6. The van der Waals surface area contributed by atoms with Crippen LogP contribution in [0.2, 0.25) is 0 Å². The zero-order chi connectivity index (χ0) is 17.7. The minimum absolute atomic E-state index is 0.102. The third-order valence-corrected chi connectivity index (χ3v) is 6.67. The first-order chi connectivity index (χ1) is 11.4. The van der Waals surface area contributed by atoms with Gasteiger partial charge in [0, 0.05) is 31.2 Å². The van der Waals surface area contributed by atoms with E-state index in [1.165, 1.54) is 16.4 Å². The molecule has 1 amide bonds. The predicted octanol–water partition coefficient (Wildman–Crippen LogP) is 1.44. The Morgan fingerprint density at radius 3 is 2.42 bits per heavy atom. The number of amides is 1. The van der Waals surface area contributed by atoms with Crippen LogP contribution in [0.3, 0.4) is 0 Å². The number of nitrogens with zero attached hydrogens (tertiary/aromatic N) is 1. The summed E-state index contributed by atoms with van der Waals surface area (Å²) < 4.78 is 26.3. The predicted molar refractivity (Wildman–Crippen MR) is 94.5 cm³/mol. The Bertz CT molecular complexity index is 654. The maximum atomic E-state index is 12.5. The van der Waals surface area contributed by atoms with Gasteiger partial charge in [0.2, 0.25) is 10.0 Å². The lowest BCUT2D eigenvalue weighted by Crippen LogP contribution is -2.50. The zero-order valence-corrected chi connectivity index (χ0v) is 15.4. The van der Waals surface area contributed by atoms with Gasteiger partial charge in [0.25, 0.3) is 5.91 Å². The lowest BCUT2D eigenvalue weighted by Gasteiger charge is -2.30. The number of benzene rings is 1. The van der Waals surface area contributed by atoms with Crippen molar-refractivity contribution >= 4 is 15.9 Å². The molecule has 1 aliphatic rings. The van der Waals surface area contributed by atoms with E-state index < -0.39 is 10.0 Å². The van der Waals surface area contributed by atoms with E-state index in [-0.39, 0.29) is 16.8 Å². The summed E-state index contributed by atoms with van der Waals surface area (Å²) in [5.74, 6) is 0.264. The van der Waals surface area contributed by atoms with Crippen LogP contribution in [0.15, 0.2) is 29.2 Å². The standard InChI is InChI=1S/C17H27N3O3S/c1-4-20(5-2)24(22,23)15-8-6-14(7-9-15)17(21)19-16-12-18-11-10-13(16)3/h6-9,13,16,18H,4-5,10-12H2,1-3H3,(H,19,21). The average Bonchev–Trinajstić information content (AvgIpc) is 2.58. The van der Waals surface area contributed by atoms with Crippen molar-refractivity contribution in [2.45, 2.75) is 38.1 Å². The van der Waals surface area contributed by atoms with Gasteiger partial charge >= 0.3 is 0 Å². The van der Waals surface area contributed by atoms with Crippen LogP contribution in [0.25, 0.3) is 0 Å². The van der Waals surface area contributed by atoms with Crippen LogP contribution in [-0.2, 0) is 10.0 Å². The molecule has 2 unspecified atom stereocenters. The van der Waals surface area contributed by atoms with Crippen LogP contribution in [0, 0.1) is 5.92 Å². The fourth-order valence-electron chi connectivity index (χ4n) is 2.93. The summed E-state index contributed by atoms with van der Waals surface area (Å²) in [4.78, 5) is 12.6. The molecule has 0 saturated carbocycles. The van der Waals surface area contributed by atoms with Crippen LogP contribution in [-0.4, -0.2) is 50.9 Å². The molecule has 2 N–H and O–H groups in total. The van der Waals surface area contributed by atoms with Gasteiger partial charge in [0.15, 0.2) is 0 Å². The first kappa shape index (κ1) is 18.9. The molecular weight excluding hydrogens is 326 g/mol. The maximum Gasteiger partial charge on any atom is 0.251 e. The van der Waals surface area contributed by atoms with Crippen molar-refractivity contribution < 1.29 is 13.2 Å². The number of hydrogen-bond acceptors (Lipinski definition) is 4. The van der Waals surface area contributed by atoms with E-state index in [1.54, 1.807) is 12.1 Å². The summed E-state index contributed by atoms with van der Waals surface area (Å²) in [6.45, 7) is 8.34. The van der Waals surface area contributed by atoms with Crippen molar-refractivity contribution in [1.29, 1.82) is 0 Å². The molecule has 7 heteroatoms. The van der Waals surface area contributed by atoms with Crippen LogP contribution >= 0.6 is 0 Å². The highest BCUT2D eigenvalue weighted by atomic mass is 32.2. The van der Waals surface area contributed by atoms with Crippen molar-refractivity contribution in [2.75, 3.05) is 26.2 Å². The third-order valence-electron chi connectivity index (χ3n) is 4.60. The number of hydrogen-bond donors (Lipinski definition) is 2. The molecule has 1 aromatic rings. The molecule has 1 aromatic carbocycles.